The molecule has 0 N–H and O–H groups in total. The fraction of sp³-hybridized carbons (Fsp3) is 0.250. The van der Waals surface area contributed by atoms with Crippen molar-refractivity contribution in [1.82, 2.24) is 9.66 Å². The van der Waals surface area contributed by atoms with E-state index in [0.717, 1.165) is 20.1 Å². The molecule has 0 atom stereocenters. The molecule has 0 saturated carbocycles. The molecule has 0 saturated heterocycles. The van der Waals surface area contributed by atoms with E-state index in [9.17, 15) is 4.79 Å². The predicted molar refractivity (Wildman–Crippen MR) is 156 cm³/mol. The van der Waals surface area contributed by atoms with Crippen LogP contribution in [0, 0.1) is 0 Å². The van der Waals surface area contributed by atoms with Gasteiger partial charge in [-0.3, -0.25) is 4.79 Å². The van der Waals surface area contributed by atoms with Gasteiger partial charge in [0.05, 0.1) is 23.7 Å². The Kier molecular flexibility index (Phi) is 8.41. The Morgan fingerprint density at radius 3 is 2.41 bits per heavy atom. The number of hydrogen-bond donors (Lipinski definition) is 0. The van der Waals surface area contributed by atoms with Crippen LogP contribution in [0.5, 0.6) is 11.5 Å². The number of rotatable bonds is 7. The van der Waals surface area contributed by atoms with Crippen LogP contribution < -0.4 is 15.0 Å². The van der Waals surface area contributed by atoms with Gasteiger partial charge < -0.3 is 9.47 Å². The lowest BCUT2D eigenvalue weighted by atomic mass is 9.95. The summed E-state index contributed by atoms with van der Waals surface area (Å²) in [6, 6.07) is 16.6. The average Bonchev–Trinajstić information content (AvgIpc) is 2.84. The van der Waals surface area contributed by atoms with Gasteiger partial charge in [-0.25, -0.2) is 4.98 Å². The van der Waals surface area contributed by atoms with Gasteiger partial charge in [-0.2, -0.15) is 9.78 Å². The van der Waals surface area contributed by atoms with E-state index in [-0.39, 0.29) is 5.56 Å². The monoisotopic (exact) mass is 645 g/mol. The van der Waals surface area contributed by atoms with E-state index in [0.29, 0.717) is 46.5 Å². The van der Waals surface area contributed by atoms with Crippen molar-refractivity contribution in [3.05, 3.63) is 95.9 Å². The number of hydrogen-bond acceptors (Lipinski definition) is 5. The second kappa shape index (κ2) is 11.4. The molecular formula is C28H26Br2ClN3O3. The van der Waals surface area contributed by atoms with Crippen molar-refractivity contribution in [3.63, 3.8) is 0 Å². The molecule has 1 heterocycles. The summed E-state index contributed by atoms with van der Waals surface area (Å²) in [5, 5.41) is 5.74. The Bertz CT molecular complexity index is 1530. The predicted octanol–water partition coefficient (Wildman–Crippen LogP) is 7.73. The summed E-state index contributed by atoms with van der Waals surface area (Å²) in [6.45, 7) is 8.74. The van der Waals surface area contributed by atoms with Crippen molar-refractivity contribution in [1.29, 1.82) is 0 Å². The molecule has 0 radical (unpaired) electrons. The van der Waals surface area contributed by atoms with Crippen LogP contribution in [0.25, 0.3) is 10.9 Å². The Hall–Kier alpha value is -2.68. The molecule has 0 bridgehead atoms. The van der Waals surface area contributed by atoms with Gasteiger partial charge in [0, 0.05) is 24.9 Å². The van der Waals surface area contributed by atoms with Gasteiger partial charge in [0.15, 0.2) is 11.5 Å². The molecule has 0 fully saturated rings. The fourth-order valence-electron chi connectivity index (χ4n) is 3.63. The molecular weight excluding hydrogens is 622 g/mol. The van der Waals surface area contributed by atoms with Crippen LogP contribution in [0.1, 0.15) is 44.6 Å². The zero-order valence-corrected chi connectivity index (χ0v) is 24.8. The van der Waals surface area contributed by atoms with Crippen LogP contribution in [-0.4, -0.2) is 22.5 Å². The molecule has 0 aliphatic carbocycles. The molecule has 6 nitrogen and oxygen atoms in total. The number of nitrogens with zero attached hydrogens (tertiary/aromatic N) is 3. The molecule has 1 aromatic heterocycles. The Labute approximate surface area is 237 Å². The Morgan fingerprint density at radius 1 is 1.03 bits per heavy atom. The van der Waals surface area contributed by atoms with Crippen molar-refractivity contribution in [3.8, 4) is 11.5 Å². The highest BCUT2D eigenvalue weighted by Gasteiger charge is 2.23. The van der Waals surface area contributed by atoms with Gasteiger partial charge in [-0.1, -0.05) is 60.4 Å². The smallest absolute Gasteiger partial charge is 0.282 e. The second-order valence-corrected chi connectivity index (χ2v) is 11.6. The molecule has 4 rings (SSSR count). The maximum atomic E-state index is 13.4. The van der Waals surface area contributed by atoms with Gasteiger partial charge >= 0.3 is 0 Å². The van der Waals surface area contributed by atoms with E-state index < -0.39 is 5.41 Å². The molecule has 4 aromatic rings. The van der Waals surface area contributed by atoms with Crippen molar-refractivity contribution in [2.45, 2.75) is 39.7 Å². The number of fused-ring (bicyclic) bond motifs is 1. The third-order valence-electron chi connectivity index (χ3n) is 5.46. The first-order chi connectivity index (χ1) is 17.6. The highest BCUT2D eigenvalue weighted by molar-refractivity contribution is 9.10. The van der Waals surface area contributed by atoms with Gasteiger partial charge in [0.2, 0.25) is 0 Å². The summed E-state index contributed by atoms with van der Waals surface area (Å²) in [6.07, 6.45) is 1.62. The number of ether oxygens (including phenoxy) is 2. The van der Waals surface area contributed by atoms with Crippen LogP contribution in [0.4, 0.5) is 0 Å². The SMILES string of the molecule is CCOc1cc(C=Nn2c(C(C)(C)C)nc3ccc(Br)cc3c2=O)c(Br)cc1OCc1ccc(Cl)cc1. The zero-order valence-electron chi connectivity index (χ0n) is 20.9. The lowest BCUT2D eigenvalue weighted by Gasteiger charge is -2.21. The van der Waals surface area contributed by atoms with Crippen molar-refractivity contribution < 1.29 is 9.47 Å². The van der Waals surface area contributed by atoms with Crippen LogP contribution in [0.15, 0.2) is 73.4 Å². The van der Waals surface area contributed by atoms with E-state index in [1.807, 2.05) is 76.2 Å². The standard InChI is InChI=1S/C28H26Br2ClN3O3/c1-5-36-24-12-18(22(30)14-25(24)37-16-17-6-9-20(31)10-7-17)15-32-34-26(35)21-13-19(29)8-11-23(21)33-27(34)28(2,3)4/h6-15H,5,16H2,1-4H3. The highest BCUT2D eigenvalue weighted by Crippen LogP contribution is 2.34. The minimum atomic E-state index is -0.412. The lowest BCUT2D eigenvalue weighted by molar-refractivity contribution is 0.269. The van der Waals surface area contributed by atoms with Gasteiger partial charge in [-0.15, -0.1) is 0 Å². The summed E-state index contributed by atoms with van der Waals surface area (Å²) in [5.74, 6) is 1.73. The molecule has 3 aromatic carbocycles. The minimum Gasteiger partial charge on any atom is -0.490 e. The Morgan fingerprint density at radius 2 is 1.73 bits per heavy atom. The minimum absolute atomic E-state index is 0.239. The Balaban J connectivity index is 1.72. The number of aromatic nitrogens is 2. The number of halogens is 3. The molecule has 192 valence electrons. The summed E-state index contributed by atoms with van der Waals surface area (Å²) in [5.41, 5.74) is 1.69. The largest absolute Gasteiger partial charge is 0.490 e. The summed E-state index contributed by atoms with van der Waals surface area (Å²) in [7, 11) is 0. The molecule has 0 aliphatic heterocycles. The highest BCUT2D eigenvalue weighted by atomic mass is 79.9. The molecule has 0 amide bonds. The van der Waals surface area contributed by atoms with Crippen molar-refractivity contribution >= 4 is 60.6 Å². The fourth-order valence-corrected chi connectivity index (χ4v) is 4.55. The van der Waals surface area contributed by atoms with E-state index in [1.54, 1.807) is 12.3 Å². The summed E-state index contributed by atoms with van der Waals surface area (Å²) in [4.78, 5) is 18.2. The third kappa shape index (κ3) is 6.43. The zero-order chi connectivity index (χ0) is 26.7. The maximum Gasteiger partial charge on any atom is 0.282 e. The topological polar surface area (TPSA) is 65.7 Å². The quantitative estimate of drug-likeness (QED) is 0.193. The normalized spacial score (nSPS) is 11.9. The maximum absolute atomic E-state index is 13.4. The number of benzene rings is 3. The first kappa shape index (κ1) is 27.4. The van der Waals surface area contributed by atoms with Gasteiger partial charge in [0.25, 0.3) is 5.56 Å². The first-order valence-corrected chi connectivity index (χ1v) is 13.6. The van der Waals surface area contributed by atoms with E-state index in [2.05, 4.69) is 37.0 Å². The van der Waals surface area contributed by atoms with Gasteiger partial charge in [0.1, 0.15) is 12.4 Å². The first-order valence-electron chi connectivity index (χ1n) is 11.7. The molecule has 9 heteroatoms. The van der Waals surface area contributed by atoms with Crippen LogP contribution in [0.2, 0.25) is 5.02 Å². The molecule has 0 unspecified atom stereocenters. The van der Waals surface area contributed by atoms with Gasteiger partial charge in [-0.05, 0) is 70.9 Å². The van der Waals surface area contributed by atoms with E-state index in [1.165, 1.54) is 4.68 Å². The molecule has 0 spiro atoms. The molecule has 37 heavy (non-hydrogen) atoms. The van der Waals surface area contributed by atoms with Crippen molar-refractivity contribution in [2.24, 2.45) is 5.10 Å². The molecule has 0 aliphatic rings. The van der Waals surface area contributed by atoms with Crippen LogP contribution >= 0.6 is 43.5 Å². The lowest BCUT2D eigenvalue weighted by Crippen LogP contribution is -2.29. The summed E-state index contributed by atoms with van der Waals surface area (Å²) >= 11 is 13.0. The second-order valence-electron chi connectivity index (χ2n) is 9.38. The third-order valence-corrected chi connectivity index (χ3v) is 6.89. The van der Waals surface area contributed by atoms with Crippen LogP contribution in [-0.2, 0) is 12.0 Å². The van der Waals surface area contributed by atoms with Crippen molar-refractivity contribution in [2.75, 3.05) is 6.61 Å². The van der Waals surface area contributed by atoms with E-state index >= 15 is 0 Å². The average molecular weight is 648 g/mol. The van der Waals surface area contributed by atoms with E-state index in [4.69, 9.17) is 26.1 Å². The van der Waals surface area contributed by atoms with Crippen LogP contribution in [0.3, 0.4) is 0 Å². The summed E-state index contributed by atoms with van der Waals surface area (Å²) < 4.78 is 14.8.